The van der Waals surface area contributed by atoms with Crippen molar-refractivity contribution in [1.29, 1.82) is 0 Å². The molecule has 2 nitrogen and oxygen atoms in total. The third kappa shape index (κ3) is 2.01. The van der Waals surface area contributed by atoms with Crippen molar-refractivity contribution >= 4 is 16.6 Å². The summed E-state index contributed by atoms with van der Waals surface area (Å²) in [5.41, 5.74) is 3.39. The zero-order valence-corrected chi connectivity index (χ0v) is 10.3. The van der Waals surface area contributed by atoms with Crippen molar-refractivity contribution < 1.29 is 0 Å². The van der Waals surface area contributed by atoms with E-state index in [1.54, 1.807) is 0 Å². The van der Waals surface area contributed by atoms with E-state index in [2.05, 4.69) is 56.4 Å². The van der Waals surface area contributed by atoms with Gasteiger partial charge in [0.25, 0.3) is 0 Å². The zero-order chi connectivity index (χ0) is 11.8. The number of fused-ring (bicyclic) bond motifs is 1. The van der Waals surface area contributed by atoms with Gasteiger partial charge in [0.1, 0.15) is 0 Å². The molecule has 0 atom stereocenters. The molecule has 84 valence electrons. The Kier molecular flexibility index (Phi) is 2.58. The Hall–Kier alpha value is -1.57. The predicted octanol–water partition coefficient (Wildman–Crippen LogP) is 3.57. The van der Waals surface area contributed by atoms with Gasteiger partial charge in [-0.3, -0.25) is 4.98 Å². The Balaban J connectivity index is 2.59. The van der Waals surface area contributed by atoms with Crippen LogP contribution in [0.4, 0.5) is 5.69 Å². The van der Waals surface area contributed by atoms with E-state index in [0.29, 0.717) is 0 Å². The molecule has 0 amide bonds. The van der Waals surface area contributed by atoms with Gasteiger partial charge in [-0.2, -0.15) is 0 Å². The number of nitrogens with one attached hydrogen (secondary N) is 1. The molecule has 0 spiro atoms. The van der Waals surface area contributed by atoms with E-state index in [1.807, 2.05) is 7.05 Å². The van der Waals surface area contributed by atoms with E-state index in [1.165, 1.54) is 5.39 Å². The van der Waals surface area contributed by atoms with E-state index in [0.717, 1.165) is 16.9 Å². The van der Waals surface area contributed by atoms with Gasteiger partial charge >= 0.3 is 0 Å². The van der Waals surface area contributed by atoms with E-state index in [-0.39, 0.29) is 5.41 Å². The number of pyridine rings is 1. The first-order chi connectivity index (χ1) is 7.50. The minimum Gasteiger partial charge on any atom is -0.388 e. The fraction of sp³-hybridized carbons (Fsp3) is 0.357. The number of benzene rings is 1. The molecule has 1 aromatic carbocycles. The SMILES string of the molecule is CNc1ccc2ccc(C(C)(C)C)nc2c1. The topological polar surface area (TPSA) is 24.9 Å². The molecule has 2 aromatic rings. The summed E-state index contributed by atoms with van der Waals surface area (Å²) < 4.78 is 0. The van der Waals surface area contributed by atoms with Crippen LogP contribution in [0.5, 0.6) is 0 Å². The van der Waals surface area contributed by atoms with Gasteiger partial charge in [0.05, 0.1) is 5.52 Å². The summed E-state index contributed by atoms with van der Waals surface area (Å²) in [4.78, 5) is 4.72. The van der Waals surface area contributed by atoms with Gasteiger partial charge in [0, 0.05) is 29.2 Å². The summed E-state index contributed by atoms with van der Waals surface area (Å²) in [7, 11) is 1.93. The number of aromatic nitrogens is 1. The fourth-order valence-electron chi connectivity index (χ4n) is 1.69. The van der Waals surface area contributed by atoms with E-state index >= 15 is 0 Å². The number of hydrogen-bond acceptors (Lipinski definition) is 2. The smallest absolute Gasteiger partial charge is 0.0726 e. The second-order valence-corrected chi connectivity index (χ2v) is 5.10. The van der Waals surface area contributed by atoms with Crippen LogP contribution in [0.25, 0.3) is 10.9 Å². The van der Waals surface area contributed by atoms with Gasteiger partial charge in [0.2, 0.25) is 0 Å². The van der Waals surface area contributed by atoms with Crippen molar-refractivity contribution in [2.75, 3.05) is 12.4 Å². The molecule has 2 heteroatoms. The maximum Gasteiger partial charge on any atom is 0.0726 e. The molecule has 0 aliphatic rings. The van der Waals surface area contributed by atoms with Crippen LogP contribution in [-0.4, -0.2) is 12.0 Å². The highest BCUT2D eigenvalue weighted by atomic mass is 14.8. The molecule has 1 heterocycles. The van der Waals surface area contributed by atoms with Crippen molar-refractivity contribution in [3.8, 4) is 0 Å². The lowest BCUT2D eigenvalue weighted by molar-refractivity contribution is 0.571. The molecular weight excluding hydrogens is 196 g/mol. The van der Waals surface area contributed by atoms with Gasteiger partial charge in [-0.05, 0) is 18.2 Å². The minimum atomic E-state index is 0.101. The van der Waals surface area contributed by atoms with Crippen molar-refractivity contribution in [1.82, 2.24) is 4.98 Å². The summed E-state index contributed by atoms with van der Waals surface area (Å²) in [6.45, 7) is 6.55. The zero-order valence-electron chi connectivity index (χ0n) is 10.3. The molecule has 0 aliphatic carbocycles. The van der Waals surface area contributed by atoms with Crippen LogP contribution in [0.1, 0.15) is 26.5 Å². The normalized spacial score (nSPS) is 11.8. The summed E-state index contributed by atoms with van der Waals surface area (Å²) in [5.74, 6) is 0. The Morgan fingerprint density at radius 2 is 1.75 bits per heavy atom. The third-order valence-corrected chi connectivity index (χ3v) is 2.75. The fourth-order valence-corrected chi connectivity index (χ4v) is 1.69. The van der Waals surface area contributed by atoms with Gasteiger partial charge in [-0.25, -0.2) is 0 Å². The number of nitrogens with zero attached hydrogens (tertiary/aromatic N) is 1. The first-order valence-corrected chi connectivity index (χ1v) is 5.60. The summed E-state index contributed by atoms with van der Waals surface area (Å²) in [6.07, 6.45) is 0. The van der Waals surface area contributed by atoms with Crippen LogP contribution < -0.4 is 5.32 Å². The molecule has 16 heavy (non-hydrogen) atoms. The number of hydrogen-bond donors (Lipinski definition) is 1. The van der Waals surface area contributed by atoms with Crippen LogP contribution in [-0.2, 0) is 5.41 Å². The Morgan fingerprint density at radius 3 is 2.38 bits per heavy atom. The van der Waals surface area contributed by atoms with E-state index in [9.17, 15) is 0 Å². The average Bonchev–Trinajstić information content (AvgIpc) is 2.26. The van der Waals surface area contributed by atoms with Gasteiger partial charge < -0.3 is 5.32 Å². The van der Waals surface area contributed by atoms with E-state index in [4.69, 9.17) is 4.98 Å². The Morgan fingerprint density at radius 1 is 1.06 bits per heavy atom. The number of anilines is 1. The summed E-state index contributed by atoms with van der Waals surface area (Å²) in [6, 6.07) is 10.5. The molecule has 1 aromatic heterocycles. The third-order valence-electron chi connectivity index (χ3n) is 2.75. The largest absolute Gasteiger partial charge is 0.388 e. The highest BCUT2D eigenvalue weighted by Gasteiger charge is 2.15. The van der Waals surface area contributed by atoms with Crippen molar-refractivity contribution in [3.63, 3.8) is 0 Å². The Labute approximate surface area is 96.7 Å². The average molecular weight is 214 g/mol. The van der Waals surface area contributed by atoms with Crippen molar-refractivity contribution in [2.24, 2.45) is 0 Å². The van der Waals surface area contributed by atoms with E-state index < -0.39 is 0 Å². The maximum atomic E-state index is 4.72. The minimum absolute atomic E-state index is 0.101. The van der Waals surface area contributed by atoms with Crippen molar-refractivity contribution in [2.45, 2.75) is 26.2 Å². The van der Waals surface area contributed by atoms with Gasteiger partial charge in [-0.15, -0.1) is 0 Å². The number of rotatable bonds is 1. The van der Waals surface area contributed by atoms with Crippen LogP contribution in [0.2, 0.25) is 0 Å². The quantitative estimate of drug-likeness (QED) is 0.785. The van der Waals surface area contributed by atoms with Crippen molar-refractivity contribution in [3.05, 3.63) is 36.0 Å². The maximum absolute atomic E-state index is 4.72. The lowest BCUT2D eigenvalue weighted by Gasteiger charge is -2.18. The standard InChI is InChI=1S/C14H18N2/c1-14(2,3)13-8-6-10-5-7-11(15-4)9-12(10)16-13/h5-9,15H,1-4H3. The molecule has 0 saturated carbocycles. The highest BCUT2D eigenvalue weighted by Crippen LogP contribution is 2.24. The highest BCUT2D eigenvalue weighted by molar-refractivity contribution is 5.82. The summed E-state index contributed by atoms with van der Waals surface area (Å²) in [5, 5.41) is 4.32. The second-order valence-electron chi connectivity index (χ2n) is 5.10. The molecule has 2 rings (SSSR count). The first-order valence-electron chi connectivity index (χ1n) is 5.60. The molecule has 0 aliphatic heterocycles. The second kappa shape index (κ2) is 3.78. The molecule has 0 fully saturated rings. The van der Waals surface area contributed by atoms with Crippen LogP contribution >= 0.6 is 0 Å². The van der Waals surface area contributed by atoms with Gasteiger partial charge in [0.15, 0.2) is 0 Å². The molecule has 1 N–H and O–H groups in total. The predicted molar refractivity (Wildman–Crippen MR) is 70.0 cm³/mol. The molecule has 0 saturated heterocycles. The monoisotopic (exact) mass is 214 g/mol. The molecular formula is C14H18N2. The Bertz CT molecular complexity index is 510. The molecule has 0 unspecified atom stereocenters. The summed E-state index contributed by atoms with van der Waals surface area (Å²) >= 11 is 0. The molecule has 0 radical (unpaired) electrons. The van der Waals surface area contributed by atoms with Crippen LogP contribution in [0, 0.1) is 0 Å². The lowest BCUT2D eigenvalue weighted by atomic mass is 9.91. The van der Waals surface area contributed by atoms with Crippen LogP contribution in [0.3, 0.4) is 0 Å². The van der Waals surface area contributed by atoms with Crippen LogP contribution in [0.15, 0.2) is 30.3 Å². The lowest BCUT2D eigenvalue weighted by Crippen LogP contribution is -2.13. The van der Waals surface area contributed by atoms with Gasteiger partial charge in [-0.1, -0.05) is 32.9 Å². The first kappa shape index (κ1) is 10.9. The molecule has 0 bridgehead atoms.